The van der Waals surface area contributed by atoms with Crippen LogP contribution in [0.15, 0.2) is 49.6 Å². The lowest BCUT2D eigenvalue weighted by Crippen LogP contribution is -2.45. The predicted octanol–water partition coefficient (Wildman–Crippen LogP) is 2.30. The Balaban J connectivity index is 2.80. The third-order valence-electron chi connectivity index (χ3n) is 2.59. The maximum atomic E-state index is 4.01. The van der Waals surface area contributed by atoms with Gasteiger partial charge in [-0.1, -0.05) is 26.3 Å². The van der Waals surface area contributed by atoms with Crippen LogP contribution >= 0.6 is 0 Å². The van der Waals surface area contributed by atoms with Crippen molar-refractivity contribution in [1.82, 2.24) is 0 Å². The summed E-state index contributed by atoms with van der Waals surface area (Å²) in [5, 5.41) is 0. The van der Waals surface area contributed by atoms with E-state index in [1.807, 2.05) is 12.2 Å². The molecular formula is C12H18N+. The molecule has 0 radical (unpaired) electrons. The summed E-state index contributed by atoms with van der Waals surface area (Å²) >= 11 is 0. The average molecular weight is 176 g/mol. The molecule has 0 N–H and O–H groups in total. The summed E-state index contributed by atoms with van der Waals surface area (Å²) in [6, 6.07) is 0. The van der Waals surface area contributed by atoms with Crippen molar-refractivity contribution >= 4 is 0 Å². The van der Waals surface area contributed by atoms with Crippen molar-refractivity contribution in [2.45, 2.75) is 0 Å². The molecule has 0 atom stereocenters. The van der Waals surface area contributed by atoms with Crippen molar-refractivity contribution < 1.29 is 4.48 Å². The molecule has 0 unspecified atom stereocenters. The van der Waals surface area contributed by atoms with Crippen molar-refractivity contribution in [3.05, 3.63) is 49.6 Å². The van der Waals surface area contributed by atoms with E-state index in [1.165, 1.54) is 11.1 Å². The van der Waals surface area contributed by atoms with E-state index in [0.717, 1.165) is 30.7 Å². The molecule has 0 saturated carbocycles. The number of hydrogen-bond donors (Lipinski definition) is 0. The molecule has 0 aromatic heterocycles. The zero-order valence-corrected chi connectivity index (χ0v) is 8.26. The van der Waals surface area contributed by atoms with Crippen LogP contribution in [0.25, 0.3) is 0 Å². The Morgan fingerprint density at radius 3 is 1.69 bits per heavy atom. The molecule has 1 fully saturated rings. The van der Waals surface area contributed by atoms with Crippen LogP contribution in [0.5, 0.6) is 0 Å². The van der Waals surface area contributed by atoms with Crippen LogP contribution in [0.1, 0.15) is 0 Å². The SMILES string of the molecule is C=CC[N+]1(CC=C)CC(=C)C(=C)C1. The summed E-state index contributed by atoms with van der Waals surface area (Å²) in [4.78, 5) is 0. The second-order valence-corrected chi connectivity index (χ2v) is 3.81. The highest BCUT2D eigenvalue weighted by molar-refractivity contribution is 5.29. The first-order valence-corrected chi connectivity index (χ1v) is 4.56. The fraction of sp³-hybridized carbons (Fsp3) is 0.333. The normalized spacial score (nSPS) is 20.3. The van der Waals surface area contributed by atoms with Gasteiger partial charge in [0.25, 0.3) is 0 Å². The first kappa shape index (κ1) is 10.0. The minimum absolute atomic E-state index is 0.976. The number of hydrogen-bond acceptors (Lipinski definition) is 0. The molecule has 1 saturated heterocycles. The molecule has 1 aliphatic heterocycles. The maximum Gasteiger partial charge on any atom is 0.105 e. The standard InChI is InChI=1S/C12H18N/c1-5-7-13(8-6-2)9-11(3)12(4)10-13/h5-6H,1-4,7-10H2/q+1. The van der Waals surface area contributed by atoms with E-state index in [0.29, 0.717) is 0 Å². The van der Waals surface area contributed by atoms with E-state index in [2.05, 4.69) is 26.3 Å². The number of nitrogens with zero attached hydrogens (tertiary/aromatic N) is 1. The van der Waals surface area contributed by atoms with Gasteiger partial charge in [-0.25, -0.2) is 0 Å². The summed E-state index contributed by atoms with van der Waals surface area (Å²) in [5.74, 6) is 0. The second kappa shape index (κ2) is 3.75. The molecule has 1 nitrogen and oxygen atoms in total. The lowest BCUT2D eigenvalue weighted by Gasteiger charge is -2.31. The zero-order valence-electron chi connectivity index (χ0n) is 8.26. The van der Waals surface area contributed by atoms with Gasteiger partial charge in [0.1, 0.15) is 13.1 Å². The first-order valence-electron chi connectivity index (χ1n) is 4.56. The quantitative estimate of drug-likeness (QED) is 0.455. The minimum Gasteiger partial charge on any atom is -0.310 e. The average Bonchev–Trinajstić information content (AvgIpc) is 2.29. The Bertz CT molecular complexity index is 232. The fourth-order valence-electron chi connectivity index (χ4n) is 1.97. The summed E-state index contributed by atoms with van der Waals surface area (Å²) < 4.78 is 0.977. The molecule has 0 aromatic rings. The predicted molar refractivity (Wildman–Crippen MR) is 58.4 cm³/mol. The molecule has 0 aromatic carbocycles. The Morgan fingerprint density at radius 1 is 1.00 bits per heavy atom. The van der Waals surface area contributed by atoms with E-state index in [-0.39, 0.29) is 0 Å². The molecular weight excluding hydrogens is 158 g/mol. The summed E-state index contributed by atoms with van der Waals surface area (Å²) in [6.45, 7) is 19.6. The van der Waals surface area contributed by atoms with Crippen molar-refractivity contribution in [3.63, 3.8) is 0 Å². The monoisotopic (exact) mass is 176 g/mol. The zero-order chi connectivity index (χ0) is 9.90. The summed E-state index contributed by atoms with van der Waals surface area (Å²) in [7, 11) is 0. The highest BCUT2D eigenvalue weighted by Crippen LogP contribution is 2.26. The molecule has 1 rings (SSSR count). The summed E-state index contributed by atoms with van der Waals surface area (Å²) in [6.07, 6.45) is 3.94. The molecule has 13 heavy (non-hydrogen) atoms. The van der Waals surface area contributed by atoms with Crippen molar-refractivity contribution in [2.75, 3.05) is 26.2 Å². The van der Waals surface area contributed by atoms with E-state index >= 15 is 0 Å². The Morgan fingerprint density at radius 2 is 1.38 bits per heavy atom. The highest BCUT2D eigenvalue weighted by Gasteiger charge is 2.33. The van der Waals surface area contributed by atoms with E-state index in [4.69, 9.17) is 0 Å². The molecule has 0 aliphatic carbocycles. The van der Waals surface area contributed by atoms with Gasteiger partial charge in [-0.3, -0.25) is 0 Å². The molecule has 1 heterocycles. The van der Waals surface area contributed by atoms with Crippen LogP contribution in [0, 0.1) is 0 Å². The minimum atomic E-state index is 0.976. The van der Waals surface area contributed by atoms with Crippen LogP contribution in [0.4, 0.5) is 0 Å². The Kier molecular flexibility index (Phi) is 2.89. The van der Waals surface area contributed by atoms with Crippen molar-refractivity contribution in [3.8, 4) is 0 Å². The van der Waals surface area contributed by atoms with Gasteiger partial charge in [0, 0.05) is 11.1 Å². The van der Waals surface area contributed by atoms with Gasteiger partial charge in [-0.15, -0.1) is 0 Å². The third-order valence-corrected chi connectivity index (χ3v) is 2.59. The molecule has 1 aliphatic rings. The lowest BCUT2D eigenvalue weighted by atomic mass is 10.2. The van der Waals surface area contributed by atoms with Crippen LogP contribution < -0.4 is 0 Å². The summed E-state index contributed by atoms with van der Waals surface area (Å²) in [5.41, 5.74) is 2.37. The molecule has 0 spiro atoms. The van der Waals surface area contributed by atoms with Crippen LogP contribution in [-0.4, -0.2) is 30.7 Å². The van der Waals surface area contributed by atoms with Crippen LogP contribution in [0.3, 0.4) is 0 Å². The highest BCUT2D eigenvalue weighted by atomic mass is 15.4. The van der Waals surface area contributed by atoms with Gasteiger partial charge >= 0.3 is 0 Å². The smallest absolute Gasteiger partial charge is 0.105 e. The number of rotatable bonds is 4. The number of quaternary nitrogens is 1. The lowest BCUT2D eigenvalue weighted by molar-refractivity contribution is -0.900. The fourth-order valence-corrected chi connectivity index (χ4v) is 1.97. The van der Waals surface area contributed by atoms with Crippen molar-refractivity contribution in [2.24, 2.45) is 0 Å². The van der Waals surface area contributed by atoms with Gasteiger partial charge in [-0.05, 0) is 12.2 Å². The van der Waals surface area contributed by atoms with Gasteiger partial charge in [0.05, 0.1) is 13.1 Å². The molecule has 1 heteroatoms. The van der Waals surface area contributed by atoms with E-state index in [1.54, 1.807) is 0 Å². The van der Waals surface area contributed by atoms with E-state index in [9.17, 15) is 0 Å². The first-order chi connectivity index (χ1) is 6.13. The van der Waals surface area contributed by atoms with Gasteiger partial charge < -0.3 is 4.48 Å². The second-order valence-electron chi connectivity index (χ2n) is 3.81. The van der Waals surface area contributed by atoms with Gasteiger partial charge in [-0.2, -0.15) is 0 Å². The molecule has 0 amide bonds. The Hall–Kier alpha value is -1.08. The van der Waals surface area contributed by atoms with E-state index < -0.39 is 0 Å². The topological polar surface area (TPSA) is 0 Å². The number of likely N-dealkylation sites (tertiary alicyclic amines) is 1. The van der Waals surface area contributed by atoms with Gasteiger partial charge in [0.2, 0.25) is 0 Å². The Labute approximate surface area is 81.0 Å². The van der Waals surface area contributed by atoms with Crippen LogP contribution in [-0.2, 0) is 0 Å². The van der Waals surface area contributed by atoms with Crippen LogP contribution in [0.2, 0.25) is 0 Å². The maximum absolute atomic E-state index is 4.01. The third kappa shape index (κ3) is 1.99. The molecule has 0 bridgehead atoms. The largest absolute Gasteiger partial charge is 0.310 e. The molecule has 70 valence electrons. The van der Waals surface area contributed by atoms with Gasteiger partial charge in [0.15, 0.2) is 0 Å². The van der Waals surface area contributed by atoms with Crippen molar-refractivity contribution in [1.29, 1.82) is 0 Å².